The van der Waals surface area contributed by atoms with E-state index in [9.17, 15) is 0 Å². The predicted molar refractivity (Wildman–Crippen MR) is 83.1 cm³/mol. The first-order chi connectivity index (χ1) is 8.73. The van der Waals surface area contributed by atoms with Crippen molar-refractivity contribution in [2.75, 3.05) is 19.6 Å². The van der Waals surface area contributed by atoms with Crippen molar-refractivity contribution in [3.8, 4) is 0 Å². The molecule has 1 saturated carbocycles. The van der Waals surface area contributed by atoms with Gasteiger partial charge in [0.25, 0.3) is 0 Å². The third-order valence-electron chi connectivity index (χ3n) is 5.66. The zero-order valence-corrected chi connectivity index (χ0v) is 13.7. The third kappa shape index (κ3) is 3.52. The van der Waals surface area contributed by atoms with Gasteiger partial charge in [-0.15, -0.1) is 0 Å². The number of nitrogens with zero attached hydrogens (tertiary/aromatic N) is 1. The molecule has 0 bridgehead atoms. The average Bonchev–Trinajstić information content (AvgIpc) is 2.67. The Morgan fingerprint density at radius 1 is 1.21 bits per heavy atom. The molecule has 0 spiro atoms. The van der Waals surface area contributed by atoms with Crippen LogP contribution in [0, 0.1) is 22.7 Å². The summed E-state index contributed by atoms with van der Waals surface area (Å²) in [7, 11) is 0. The first-order valence-electron chi connectivity index (χ1n) is 8.17. The lowest BCUT2D eigenvalue weighted by Crippen LogP contribution is -2.48. The van der Waals surface area contributed by atoms with Gasteiger partial charge in [0.1, 0.15) is 0 Å². The van der Waals surface area contributed by atoms with Crippen molar-refractivity contribution < 1.29 is 0 Å². The Hall–Kier alpha value is -0.0800. The molecule has 1 aliphatic heterocycles. The van der Waals surface area contributed by atoms with Crippen LogP contribution < -0.4 is 5.73 Å². The van der Waals surface area contributed by atoms with Crippen LogP contribution in [0.5, 0.6) is 0 Å². The minimum absolute atomic E-state index is 0.451. The third-order valence-corrected chi connectivity index (χ3v) is 5.66. The lowest BCUT2D eigenvalue weighted by atomic mass is 9.67. The summed E-state index contributed by atoms with van der Waals surface area (Å²) in [5, 5.41) is 0. The number of hydrogen-bond acceptors (Lipinski definition) is 2. The molecule has 0 aromatic rings. The summed E-state index contributed by atoms with van der Waals surface area (Å²) in [5.41, 5.74) is 7.02. The highest BCUT2D eigenvalue weighted by atomic mass is 15.2. The number of rotatable bonds is 2. The average molecular weight is 266 g/mol. The molecule has 112 valence electrons. The SMILES string of the molecule is CC1(C)CCN(C2CC(C(C)(C)C)CCC2CN)C1. The molecule has 2 aliphatic rings. The lowest BCUT2D eigenvalue weighted by Gasteiger charge is -2.45. The zero-order chi connectivity index (χ0) is 14.3. The molecule has 1 aliphatic carbocycles. The second-order valence-corrected chi connectivity index (χ2v) is 8.82. The van der Waals surface area contributed by atoms with E-state index in [1.165, 1.54) is 38.8 Å². The second-order valence-electron chi connectivity index (χ2n) is 8.82. The summed E-state index contributed by atoms with van der Waals surface area (Å²) in [6, 6.07) is 0.741. The Morgan fingerprint density at radius 2 is 1.89 bits per heavy atom. The van der Waals surface area contributed by atoms with E-state index < -0.39 is 0 Å². The van der Waals surface area contributed by atoms with Gasteiger partial charge >= 0.3 is 0 Å². The number of hydrogen-bond donors (Lipinski definition) is 1. The van der Waals surface area contributed by atoms with E-state index in [-0.39, 0.29) is 0 Å². The molecular formula is C17H34N2. The van der Waals surface area contributed by atoms with Crippen molar-refractivity contribution in [3.05, 3.63) is 0 Å². The molecule has 1 saturated heterocycles. The summed E-state index contributed by atoms with van der Waals surface area (Å²) < 4.78 is 0. The van der Waals surface area contributed by atoms with Crippen molar-refractivity contribution in [1.82, 2.24) is 4.90 Å². The molecule has 0 aromatic heterocycles. The summed E-state index contributed by atoms with van der Waals surface area (Å²) in [6.07, 6.45) is 5.42. The highest BCUT2D eigenvalue weighted by Crippen LogP contribution is 2.43. The van der Waals surface area contributed by atoms with Gasteiger partial charge in [-0.05, 0) is 61.4 Å². The van der Waals surface area contributed by atoms with E-state index in [1.807, 2.05) is 0 Å². The first kappa shape index (κ1) is 15.3. The molecule has 19 heavy (non-hydrogen) atoms. The fraction of sp³-hybridized carbons (Fsp3) is 1.00. The van der Waals surface area contributed by atoms with Crippen LogP contribution in [-0.2, 0) is 0 Å². The maximum absolute atomic E-state index is 6.06. The van der Waals surface area contributed by atoms with Gasteiger partial charge in [-0.1, -0.05) is 34.6 Å². The molecule has 2 fully saturated rings. The van der Waals surface area contributed by atoms with Gasteiger partial charge in [0, 0.05) is 12.6 Å². The van der Waals surface area contributed by atoms with Crippen molar-refractivity contribution in [2.24, 2.45) is 28.4 Å². The van der Waals surface area contributed by atoms with Crippen LogP contribution in [0.3, 0.4) is 0 Å². The van der Waals surface area contributed by atoms with Crippen LogP contribution in [0.4, 0.5) is 0 Å². The molecule has 3 atom stereocenters. The smallest absolute Gasteiger partial charge is 0.0139 e. The van der Waals surface area contributed by atoms with E-state index in [0.717, 1.165) is 24.4 Å². The largest absolute Gasteiger partial charge is 0.330 e. The molecular weight excluding hydrogens is 232 g/mol. The molecule has 2 N–H and O–H groups in total. The standard InChI is InChI=1S/C17H34N2/c1-16(2,3)14-7-6-13(11-18)15(10-14)19-9-8-17(4,5)12-19/h13-15H,6-12,18H2,1-5H3. The minimum atomic E-state index is 0.451. The highest BCUT2D eigenvalue weighted by molar-refractivity contribution is 4.95. The maximum Gasteiger partial charge on any atom is 0.0139 e. The molecule has 2 nitrogen and oxygen atoms in total. The Labute approximate surface area is 120 Å². The minimum Gasteiger partial charge on any atom is -0.330 e. The maximum atomic E-state index is 6.06. The monoisotopic (exact) mass is 266 g/mol. The Kier molecular flexibility index (Phi) is 4.32. The normalized spacial score (nSPS) is 36.6. The van der Waals surface area contributed by atoms with Crippen molar-refractivity contribution in [2.45, 2.75) is 66.3 Å². The highest BCUT2D eigenvalue weighted by Gasteiger charge is 2.41. The van der Waals surface area contributed by atoms with Crippen LogP contribution in [0.2, 0.25) is 0 Å². The zero-order valence-electron chi connectivity index (χ0n) is 13.7. The van der Waals surface area contributed by atoms with Crippen LogP contribution in [0.25, 0.3) is 0 Å². The Balaban J connectivity index is 2.06. The quantitative estimate of drug-likeness (QED) is 0.829. The van der Waals surface area contributed by atoms with Crippen molar-refractivity contribution >= 4 is 0 Å². The fourth-order valence-electron chi connectivity index (χ4n) is 4.16. The van der Waals surface area contributed by atoms with Crippen molar-refractivity contribution in [1.29, 1.82) is 0 Å². The van der Waals surface area contributed by atoms with E-state index in [4.69, 9.17) is 5.73 Å². The van der Waals surface area contributed by atoms with Gasteiger partial charge < -0.3 is 5.73 Å². The van der Waals surface area contributed by atoms with E-state index in [1.54, 1.807) is 0 Å². The summed E-state index contributed by atoms with van der Waals surface area (Å²) >= 11 is 0. The van der Waals surface area contributed by atoms with Gasteiger partial charge in [-0.25, -0.2) is 0 Å². The molecule has 0 radical (unpaired) electrons. The number of nitrogens with two attached hydrogens (primary N) is 1. The predicted octanol–water partition coefficient (Wildman–Crippen LogP) is 3.51. The van der Waals surface area contributed by atoms with Gasteiger partial charge in [0.15, 0.2) is 0 Å². The summed E-state index contributed by atoms with van der Waals surface area (Å²) in [6.45, 7) is 15.5. The first-order valence-corrected chi connectivity index (χ1v) is 8.17. The van der Waals surface area contributed by atoms with Gasteiger partial charge in [0.05, 0.1) is 0 Å². The molecule has 3 unspecified atom stereocenters. The van der Waals surface area contributed by atoms with E-state index in [2.05, 4.69) is 39.5 Å². The van der Waals surface area contributed by atoms with E-state index in [0.29, 0.717) is 10.8 Å². The van der Waals surface area contributed by atoms with Crippen LogP contribution in [0.15, 0.2) is 0 Å². The topological polar surface area (TPSA) is 29.3 Å². The molecule has 2 rings (SSSR count). The Bertz CT molecular complexity index is 303. The molecule has 0 amide bonds. The fourth-order valence-corrected chi connectivity index (χ4v) is 4.16. The molecule has 1 heterocycles. The summed E-state index contributed by atoms with van der Waals surface area (Å²) in [4.78, 5) is 2.76. The van der Waals surface area contributed by atoms with Crippen LogP contribution in [0.1, 0.15) is 60.3 Å². The van der Waals surface area contributed by atoms with Crippen LogP contribution in [-0.4, -0.2) is 30.6 Å². The molecule has 2 heteroatoms. The van der Waals surface area contributed by atoms with Gasteiger partial charge in [0.2, 0.25) is 0 Å². The summed E-state index contributed by atoms with van der Waals surface area (Å²) in [5.74, 6) is 1.59. The second kappa shape index (κ2) is 5.37. The van der Waals surface area contributed by atoms with E-state index >= 15 is 0 Å². The van der Waals surface area contributed by atoms with Gasteiger partial charge in [-0.2, -0.15) is 0 Å². The lowest BCUT2D eigenvalue weighted by molar-refractivity contribution is 0.0533. The van der Waals surface area contributed by atoms with Crippen LogP contribution >= 0.6 is 0 Å². The van der Waals surface area contributed by atoms with Gasteiger partial charge in [-0.3, -0.25) is 4.90 Å². The van der Waals surface area contributed by atoms with Crippen molar-refractivity contribution in [3.63, 3.8) is 0 Å². The number of likely N-dealkylation sites (tertiary alicyclic amines) is 1. The Morgan fingerprint density at radius 3 is 2.37 bits per heavy atom. The molecule has 0 aromatic carbocycles.